The topological polar surface area (TPSA) is 64.1 Å². The van der Waals surface area contributed by atoms with Crippen LogP contribution in [0, 0.1) is 0 Å². The summed E-state index contributed by atoms with van der Waals surface area (Å²) in [6.45, 7) is 3.26. The minimum atomic E-state index is -3.49. The molecule has 5 heteroatoms. The first-order valence-electron chi connectivity index (χ1n) is 6.15. The second-order valence-corrected chi connectivity index (χ2v) is 6.42. The largest absolute Gasteiger partial charge is 0.292 e. The van der Waals surface area contributed by atoms with Gasteiger partial charge >= 0.3 is 0 Å². The first-order chi connectivity index (χ1) is 9.01. The highest BCUT2D eigenvalue weighted by molar-refractivity contribution is 7.91. The van der Waals surface area contributed by atoms with Crippen LogP contribution in [0.2, 0.25) is 0 Å². The summed E-state index contributed by atoms with van der Waals surface area (Å²) in [4.78, 5) is 16.0. The quantitative estimate of drug-likeness (QED) is 0.806. The molecule has 2 aromatic rings. The van der Waals surface area contributed by atoms with Crippen molar-refractivity contribution in [3.63, 3.8) is 0 Å². The molecule has 0 unspecified atom stereocenters. The second kappa shape index (κ2) is 5.09. The fourth-order valence-electron chi connectivity index (χ4n) is 1.96. The van der Waals surface area contributed by atoms with Crippen molar-refractivity contribution in [1.82, 2.24) is 4.98 Å². The molecule has 0 fully saturated rings. The van der Waals surface area contributed by atoms with Gasteiger partial charge < -0.3 is 0 Å². The van der Waals surface area contributed by atoms with Gasteiger partial charge in [0.2, 0.25) is 0 Å². The fourth-order valence-corrected chi connectivity index (χ4v) is 3.23. The Morgan fingerprint density at radius 2 is 1.89 bits per heavy atom. The van der Waals surface area contributed by atoms with Crippen LogP contribution in [-0.4, -0.2) is 24.9 Å². The third-order valence-corrected chi connectivity index (χ3v) is 4.82. The summed E-state index contributed by atoms with van der Waals surface area (Å²) < 4.78 is 24.5. The molecule has 4 nitrogen and oxygen atoms in total. The van der Waals surface area contributed by atoms with Gasteiger partial charge in [-0.2, -0.15) is 0 Å². The highest BCUT2D eigenvalue weighted by Crippen LogP contribution is 2.26. The summed E-state index contributed by atoms with van der Waals surface area (Å²) in [5, 5.41) is 1.29. The van der Waals surface area contributed by atoms with Crippen molar-refractivity contribution in [2.45, 2.75) is 25.2 Å². The number of pyridine rings is 1. The Morgan fingerprint density at radius 1 is 1.21 bits per heavy atom. The Morgan fingerprint density at radius 3 is 2.53 bits per heavy atom. The van der Waals surface area contributed by atoms with E-state index in [1.54, 1.807) is 38.2 Å². The summed E-state index contributed by atoms with van der Waals surface area (Å²) in [6, 6.07) is 7.08. The van der Waals surface area contributed by atoms with Crippen LogP contribution in [-0.2, 0) is 9.84 Å². The van der Waals surface area contributed by atoms with Crippen molar-refractivity contribution < 1.29 is 13.2 Å². The lowest BCUT2D eigenvalue weighted by atomic mass is 10.1. The number of nitrogens with zero attached hydrogens (tertiary/aromatic N) is 1. The molecule has 1 heterocycles. The number of ketones is 1. The average molecular weight is 277 g/mol. The summed E-state index contributed by atoms with van der Waals surface area (Å²) in [6.07, 6.45) is 1.78. The van der Waals surface area contributed by atoms with Gasteiger partial charge in [0.1, 0.15) is 10.6 Å². The SMILES string of the molecule is CCC(=O)c1ncc2ccccc2c1S(=O)(=O)CC. The lowest BCUT2D eigenvalue weighted by molar-refractivity contribution is 0.0980. The molecule has 0 saturated carbocycles. The minimum absolute atomic E-state index is 0.0489. The molecule has 1 aromatic carbocycles. The van der Waals surface area contributed by atoms with E-state index in [1.807, 2.05) is 6.07 Å². The number of hydrogen-bond donors (Lipinski definition) is 0. The number of rotatable bonds is 4. The van der Waals surface area contributed by atoms with E-state index >= 15 is 0 Å². The molecule has 0 spiro atoms. The predicted molar refractivity (Wildman–Crippen MR) is 74.1 cm³/mol. The van der Waals surface area contributed by atoms with Gasteiger partial charge in [0, 0.05) is 23.4 Å². The maximum absolute atomic E-state index is 12.3. The van der Waals surface area contributed by atoms with Crippen LogP contribution in [0.25, 0.3) is 10.8 Å². The van der Waals surface area contributed by atoms with Crippen LogP contribution in [0.15, 0.2) is 35.4 Å². The predicted octanol–water partition coefficient (Wildman–Crippen LogP) is 2.62. The van der Waals surface area contributed by atoms with Crippen LogP contribution in [0.5, 0.6) is 0 Å². The van der Waals surface area contributed by atoms with Gasteiger partial charge in [-0.3, -0.25) is 9.78 Å². The minimum Gasteiger partial charge on any atom is -0.292 e. The molecule has 0 atom stereocenters. The Hall–Kier alpha value is -1.75. The van der Waals surface area contributed by atoms with Gasteiger partial charge in [-0.1, -0.05) is 38.1 Å². The molecule has 0 saturated heterocycles. The van der Waals surface area contributed by atoms with Crippen molar-refractivity contribution in [1.29, 1.82) is 0 Å². The molecule has 0 bridgehead atoms. The Labute approximate surface area is 112 Å². The lowest BCUT2D eigenvalue weighted by Gasteiger charge is -2.10. The number of aromatic nitrogens is 1. The number of hydrogen-bond acceptors (Lipinski definition) is 4. The van der Waals surface area contributed by atoms with E-state index in [1.165, 1.54) is 0 Å². The highest BCUT2D eigenvalue weighted by atomic mass is 32.2. The highest BCUT2D eigenvalue weighted by Gasteiger charge is 2.24. The van der Waals surface area contributed by atoms with Gasteiger partial charge in [0.15, 0.2) is 15.6 Å². The monoisotopic (exact) mass is 277 g/mol. The molecule has 0 radical (unpaired) electrons. The zero-order valence-corrected chi connectivity index (χ0v) is 11.7. The van der Waals surface area contributed by atoms with Crippen molar-refractivity contribution in [2.75, 3.05) is 5.75 Å². The molecular weight excluding hydrogens is 262 g/mol. The Bertz CT molecular complexity index is 735. The van der Waals surface area contributed by atoms with Crippen LogP contribution in [0.3, 0.4) is 0 Å². The lowest BCUT2D eigenvalue weighted by Crippen LogP contribution is -2.13. The van der Waals surface area contributed by atoms with Crippen molar-refractivity contribution >= 4 is 26.4 Å². The maximum Gasteiger partial charge on any atom is 0.182 e. The fraction of sp³-hybridized carbons (Fsp3) is 0.286. The molecular formula is C14H15NO3S. The molecule has 0 aliphatic rings. The summed E-state index contributed by atoms with van der Waals surface area (Å²) in [7, 11) is -3.49. The third kappa shape index (κ3) is 2.38. The van der Waals surface area contributed by atoms with E-state index in [4.69, 9.17) is 0 Å². The molecule has 0 amide bonds. The number of fused-ring (bicyclic) bond motifs is 1. The summed E-state index contributed by atoms with van der Waals surface area (Å²) >= 11 is 0. The molecule has 0 N–H and O–H groups in total. The zero-order valence-electron chi connectivity index (χ0n) is 10.9. The van der Waals surface area contributed by atoms with Crippen molar-refractivity contribution in [3.8, 4) is 0 Å². The van der Waals surface area contributed by atoms with E-state index in [0.717, 1.165) is 5.39 Å². The normalized spacial score (nSPS) is 11.7. The van der Waals surface area contributed by atoms with E-state index in [-0.39, 0.29) is 28.5 Å². The van der Waals surface area contributed by atoms with Gasteiger partial charge in [0.25, 0.3) is 0 Å². The van der Waals surface area contributed by atoms with E-state index in [2.05, 4.69) is 4.98 Å². The van der Waals surface area contributed by atoms with Crippen molar-refractivity contribution in [3.05, 3.63) is 36.2 Å². The van der Waals surface area contributed by atoms with Gasteiger partial charge in [-0.25, -0.2) is 8.42 Å². The van der Waals surface area contributed by atoms with E-state index in [0.29, 0.717) is 5.39 Å². The molecule has 0 aliphatic heterocycles. The maximum atomic E-state index is 12.3. The Balaban J connectivity index is 2.92. The number of sulfone groups is 1. The molecule has 1 aromatic heterocycles. The Kier molecular flexibility index (Phi) is 3.66. The molecule has 0 aliphatic carbocycles. The van der Waals surface area contributed by atoms with E-state index < -0.39 is 9.84 Å². The van der Waals surface area contributed by atoms with Gasteiger partial charge in [0.05, 0.1) is 5.75 Å². The van der Waals surface area contributed by atoms with Crippen LogP contribution < -0.4 is 0 Å². The van der Waals surface area contributed by atoms with Crippen molar-refractivity contribution in [2.24, 2.45) is 0 Å². The molecule has 19 heavy (non-hydrogen) atoms. The van der Waals surface area contributed by atoms with Crippen LogP contribution in [0.4, 0.5) is 0 Å². The first kappa shape index (κ1) is 13.7. The molecule has 2 rings (SSSR count). The van der Waals surface area contributed by atoms with Gasteiger partial charge in [-0.15, -0.1) is 0 Å². The number of carbonyl (C=O) groups excluding carboxylic acids is 1. The number of benzene rings is 1. The number of Topliss-reactive ketones (excluding diaryl/α,β-unsaturated/α-hetero) is 1. The summed E-state index contributed by atoms with van der Waals surface area (Å²) in [5.74, 6) is -0.301. The standard InChI is InChI=1S/C14H15NO3S/c1-3-12(16)13-14(19(17,18)4-2)11-8-6-5-7-10(11)9-15-13/h5-9H,3-4H2,1-2H3. The smallest absolute Gasteiger partial charge is 0.182 e. The van der Waals surface area contributed by atoms with E-state index in [9.17, 15) is 13.2 Å². The van der Waals surface area contributed by atoms with Crippen LogP contribution >= 0.6 is 0 Å². The summed E-state index contributed by atoms with van der Waals surface area (Å²) in [5.41, 5.74) is 0.0584. The van der Waals surface area contributed by atoms with Crippen LogP contribution in [0.1, 0.15) is 30.8 Å². The first-order valence-corrected chi connectivity index (χ1v) is 7.80. The van der Waals surface area contributed by atoms with Gasteiger partial charge in [-0.05, 0) is 0 Å². The number of carbonyl (C=O) groups is 1. The second-order valence-electron chi connectivity index (χ2n) is 4.20. The molecule has 100 valence electrons. The zero-order chi connectivity index (χ0) is 14.0. The third-order valence-electron chi connectivity index (χ3n) is 3.03. The average Bonchev–Trinajstić information content (AvgIpc) is 2.45.